The Balaban J connectivity index is 1.49. The minimum absolute atomic E-state index is 0.0260. The zero-order chi connectivity index (χ0) is 23.7. The summed E-state index contributed by atoms with van der Waals surface area (Å²) in [6, 6.07) is 9.49. The zero-order valence-corrected chi connectivity index (χ0v) is 18.5. The highest BCUT2D eigenvalue weighted by Crippen LogP contribution is 2.43. The maximum atomic E-state index is 12.8. The van der Waals surface area contributed by atoms with Gasteiger partial charge in [-0.15, -0.1) is 11.8 Å². The smallest absolute Gasteiger partial charge is 0.352 e. The number of aliphatic hydroxyl groups is 2. The number of fused-ring (bicyclic) bond motifs is 1. The second-order valence-electron chi connectivity index (χ2n) is 7.21. The van der Waals surface area contributed by atoms with E-state index in [1.165, 1.54) is 36.0 Å². The highest BCUT2D eigenvalue weighted by atomic mass is 32.2. The Morgan fingerprint density at radius 2 is 1.91 bits per heavy atom. The maximum Gasteiger partial charge on any atom is 0.352 e. The topological polar surface area (TPSA) is 160 Å². The van der Waals surface area contributed by atoms with Crippen LogP contribution in [-0.4, -0.2) is 70.7 Å². The third-order valence-corrected chi connectivity index (χ3v) is 7.42. The fourth-order valence-corrected chi connectivity index (χ4v) is 5.81. The van der Waals surface area contributed by atoms with Gasteiger partial charge >= 0.3 is 5.97 Å². The van der Waals surface area contributed by atoms with Crippen LogP contribution in [-0.2, 0) is 14.4 Å². The predicted octanol–water partition coefficient (Wildman–Crippen LogP) is 0.670. The second-order valence-corrected chi connectivity index (χ2v) is 9.41. The van der Waals surface area contributed by atoms with E-state index in [9.17, 15) is 34.8 Å². The number of aliphatic carboxylic acids is 1. The molecule has 2 aliphatic heterocycles. The minimum Gasteiger partial charge on any atom is -0.508 e. The number of amides is 2. The quantitative estimate of drug-likeness (QED) is 0.212. The van der Waals surface area contributed by atoms with E-state index in [2.05, 4.69) is 10.3 Å². The van der Waals surface area contributed by atoms with Crippen molar-refractivity contribution in [2.45, 2.75) is 28.0 Å². The molecule has 1 saturated heterocycles. The molecule has 1 fully saturated rings. The monoisotopic (exact) mass is 489 g/mol. The summed E-state index contributed by atoms with van der Waals surface area (Å²) in [5, 5.41) is 42.2. The number of pyridine rings is 1. The Kier molecular flexibility index (Phi) is 6.61. The number of carboxylic acids is 1. The van der Waals surface area contributed by atoms with Gasteiger partial charge in [-0.05, 0) is 29.8 Å². The van der Waals surface area contributed by atoms with Crippen LogP contribution in [0.15, 0.2) is 65.0 Å². The highest BCUT2D eigenvalue weighted by molar-refractivity contribution is 8.01. The van der Waals surface area contributed by atoms with Crippen LogP contribution in [0, 0.1) is 0 Å². The SMILES string of the molecule is O=C(O)C1=C(C(O)Sc2ccccn2)CS[C@H]2C(NC(=O)C(O)c3ccc(O)cc3)C(=O)N12. The first kappa shape index (κ1) is 23.1. The lowest BCUT2D eigenvalue weighted by atomic mass is 10.0. The van der Waals surface area contributed by atoms with Crippen LogP contribution >= 0.6 is 23.5 Å². The molecule has 0 radical (unpaired) electrons. The number of carboxylic acid groups (broad SMARTS) is 1. The number of nitrogens with one attached hydrogen (secondary N) is 1. The average Bonchev–Trinajstić information content (AvgIpc) is 2.81. The van der Waals surface area contributed by atoms with Crippen molar-refractivity contribution in [3.63, 3.8) is 0 Å². The Morgan fingerprint density at radius 3 is 2.55 bits per heavy atom. The zero-order valence-electron chi connectivity index (χ0n) is 16.9. The molecule has 1 aromatic heterocycles. The van der Waals surface area contributed by atoms with Gasteiger partial charge in [0.1, 0.15) is 28.3 Å². The third-order valence-electron chi connectivity index (χ3n) is 5.12. The van der Waals surface area contributed by atoms with Gasteiger partial charge in [-0.3, -0.25) is 14.5 Å². The van der Waals surface area contributed by atoms with Gasteiger partial charge in [0.25, 0.3) is 11.8 Å². The lowest BCUT2D eigenvalue weighted by Gasteiger charge is -2.49. The van der Waals surface area contributed by atoms with Crippen molar-refractivity contribution < 1.29 is 34.8 Å². The van der Waals surface area contributed by atoms with Gasteiger partial charge in [0.15, 0.2) is 6.10 Å². The van der Waals surface area contributed by atoms with Crippen LogP contribution in [0.25, 0.3) is 0 Å². The Hall–Kier alpha value is -3.06. The summed E-state index contributed by atoms with van der Waals surface area (Å²) in [4.78, 5) is 42.3. The van der Waals surface area contributed by atoms with Crippen molar-refractivity contribution in [3.8, 4) is 5.75 Å². The number of carbonyl (C=O) groups is 3. The van der Waals surface area contributed by atoms with Crippen LogP contribution < -0.4 is 5.32 Å². The van der Waals surface area contributed by atoms with E-state index in [0.29, 0.717) is 5.03 Å². The summed E-state index contributed by atoms with van der Waals surface area (Å²) >= 11 is 2.17. The summed E-state index contributed by atoms with van der Waals surface area (Å²) in [7, 11) is 0. The van der Waals surface area contributed by atoms with E-state index in [1.54, 1.807) is 24.4 Å². The largest absolute Gasteiger partial charge is 0.508 e. The molecule has 172 valence electrons. The summed E-state index contributed by atoms with van der Waals surface area (Å²) < 4.78 is 0. The molecule has 4 rings (SSSR count). The molecule has 5 N–H and O–H groups in total. The maximum absolute atomic E-state index is 12.8. The Labute approximate surface area is 196 Å². The Bertz CT molecular complexity index is 1110. The third kappa shape index (κ3) is 4.55. The van der Waals surface area contributed by atoms with Crippen molar-refractivity contribution in [1.82, 2.24) is 15.2 Å². The summed E-state index contributed by atoms with van der Waals surface area (Å²) in [6.07, 6.45) is -0.0193. The number of rotatable bonds is 7. The van der Waals surface area contributed by atoms with E-state index < -0.39 is 40.7 Å². The number of aliphatic hydroxyl groups excluding tert-OH is 2. The number of thioether (sulfide) groups is 2. The van der Waals surface area contributed by atoms with Gasteiger partial charge in [0.05, 0.1) is 5.03 Å². The van der Waals surface area contributed by atoms with E-state index in [-0.39, 0.29) is 28.3 Å². The number of aromatic nitrogens is 1. The van der Waals surface area contributed by atoms with Gasteiger partial charge in [0, 0.05) is 17.5 Å². The van der Waals surface area contributed by atoms with Gasteiger partial charge in [0.2, 0.25) is 0 Å². The summed E-state index contributed by atoms with van der Waals surface area (Å²) in [5.74, 6) is -2.73. The molecule has 2 aliphatic rings. The number of aromatic hydroxyl groups is 1. The number of benzene rings is 1. The fraction of sp³-hybridized carbons (Fsp3) is 0.238. The Morgan fingerprint density at radius 1 is 1.18 bits per heavy atom. The van der Waals surface area contributed by atoms with Gasteiger partial charge < -0.3 is 25.7 Å². The van der Waals surface area contributed by atoms with Crippen molar-refractivity contribution in [1.29, 1.82) is 0 Å². The standard InChI is InChI=1S/C21H19N3O7S2/c25-11-6-4-10(5-7-11)16(26)17(27)23-14-18(28)24-15(20(29)30)12(9-32-19(14)24)21(31)33-13-3-1-2-8-22-13/h1-8,14,16,19,21,25-26,31H,9H2,(H,23,27)(H,29,30)/t14?,16?,19-,21?/m0/s1. The average molecular weight is 490 g/mol. The number of phenolic OH excluding ortho intramolecular Hbond substituents is 1. The van der Waals surface area contributed by atoms with E-state index in [4.69, 9.17) is 0 Å². The van der Waals surface area contributed by atoms with E-state index >= 15 is 0 Å². The number of hydrogen-bond acceptors (Lipinski definition) is 9. The molecule has 4 atom stereocenters. The number of carbonyl (C=O) groups excluding carboxylic acids is 2. The van der Waals surface area contributed by atoms with Crippen molar-refractivity contribution >= 4 is 41.3 Å². The molecule has 0 aliphatic carbocycles. The second kappa shape index (κ2) is 9.43. The minimum atomic E-state index is -1.57. The highest BCUT2D eigenvalue weighted by Gasteiger charge is 2.55. The van der Waals surface area contributed by atoms with E-state index in [1.807, 2.05) is 0 Å². The van der Waals surface area contributed by atoms with Crippen LogP contribution in [0.2, 0.25) is 0 Å². The first-order valence-electron chi connectivity index (χ1n) is 9.72. The first-order valence-corrected chi connectivity index (χ1v) is 11.6. The molecular formula is C21H19N3O7S2. The molecular weight excluding hydrogens is 470 g/mol. The number of phenols is 1. The molecule has 1 aromatic carbocycles. The molecule has 33 heavy (non-hydrogen) atoms. The van der Waals surface area contributed by atoms with Gasteiger partial charge in [-0.25, -0.2) is 9.78 Å². The lowest BCUT2D eigenvalue weighted by Crippen LogP contribution is -2.71. The van der Waals surface area contributed by atoms with Crippen molar-refractivity contribution in [2.24, 2.45) is 0 Å². The number of hydrogen-bond donors (Lipinski definition) is 5. The molecule has 12 heteroatoms. The molecule has 2 aromatic rings. The summed E-state index contributed by atoms with van der Waals surface area (Å²) in [5.41, 5.74) is -1.14. The molecule has 0 saturated carbocycles. The lowest BCUT2D eigenvalue weighted by molar-refractivity contribution is -0.151. The van der Waals surface area contributed by atoms with Gasteiger partial charge in [-0.1, -0.05) is 30.0 Å². The van der Waals surface area contributed by atoms with Crippen LogP contribution in [0.1, 0.15) is 11.7 Å². The fourth-order valence-electron chi connectivity index (χ4n) is 3.47. The number of β-lactam (4-membered cyclic amide) rings is 1. The van der Waals surface area contributed by atoms with Gasteiger partial charge in [-0.2, -0.15) is 0 Å². The van der Waals surface area contributed by atoms with Crippen LogP contribution in [0.3, 0.4) is 0 Å². The predicted molar refractivity (Wildman–Crippen MR) is 119 cm³/mol. The van der Waals surface area contributed by atoms with Crippen molar-refractivity contribution in [3.05, 3.63) is 65.5 Å². The van der Waals surface area contributed by atoms with Crippen LogP contribution in [0.5, 0.6) is 5.75 Å². The molecule has 10 nitrogen and oxygen atoms in total. The molecule has 3 unspecified atom stereocenters. The van der Waals surface area contributed by atoms with Crippen molar-refractivity contribution in [2.75, 3.05) is 5.75 Å². The molecule has 0 bridgehead atoms. The number of nitrogens with zero attached hydrogens (tertiary/aromatic N) is 2. The first-order chi connectivity index (χ1) is 15.8. The van der Waals surface area contributed by atoms with E-state index in [0.717, 1.165) is 16.7 Å². The molecule has 0 spiro atoms. The normalized spacial score (nSPS) is 21.6. The van der Waals surface area contributed by atoms with Crippen LogP contribution in [0.4, 0.5) is 0 Å². The molecule has 3 heterocycles. The summed E-state index contributed by atoms with van der Waals surface area (Å²) in [6.45, 7) is 0. The molecule has 2 amide bonds.